The Balaban J connectivity index is 3.13. The molecule has 1 rings (SSSR count). The van der Waals surface area contributed by atoms with E-state index < -0.39 is 27.1 Å². The number of benzene rings is 1. The van der Waals surface area contributed by atoms with Gasteiger partial charge in [-0.15, -0.1) is 0 Å². The van der Waals surface area contributed by atoms with Crippen molar-refractivity contribution >= 4 is 27.6 Å². The average molecular weight is 286 g/mol. The number of anilines is 1. The van der Waals surface area contributed by atoms with Gasteiger partial charge in [0.15, 0.2) is 5.25 Å². The van der Waals surface area contributed by atoms with Gasteiger partial charge in [-0.25, -0.2) is 8.42 Å². The summed E-state index contributed by atoms with van der Waals surface area (Å²) in [5, 5.41) is 9.47. The van der Waals surface area contributed by atoms with Gasteiger partial charge in [0.25, 0.3) is 5.91 Å². The molecule has 0 bridgehead atoms. The molecule has 3 N–H and O–H groups in total. The summed E-state index contributed by atoms with van der Waals surface area (Å²) in [5.74, 6) is -1.94. The number of rotatable bonds is 5. The van der Waals surface area contributed by atoms with E-state index in [0.717, 1.165) is 6.92 Å². The molecule has 7 nitrogen and oxygen atoms in total. The maximum absolute atomic E-state index is 11.8. The van der Waals surface area contributed by atoms with Crippen molar-refractivity contribution in [2.75, 3.05) is 11.8 Å². The first-order chi connectivity index (χ1) is 8.79. The molecular weight excluding hydrogens is 272 g/mol. The Bertz CT molecular complexity index is 597. The predicted molar refractivity (Wildman–Crippen MR) is 69.5 cm³/mol. The van der Waals surface area contributed by atoms with E-state index in [1.807, 2.05) is 0 Å². The number of para-hydroxylation sites is 1. The summed E-state index contributed by atoms with van der Waals surface area (Å²) in [7, 11) is -2.70. The highest BCUT2D eigenvalue weighted by atomic mass is 32.2. The normalized spacial score (nSPS) is 12.5. The van der Waals surface area contributed by atoms with E-state index in [0.29, 0.717) is 0 Å². The summed E-state index contributed by atoms with van der Waals surface area (Å²) < 4.78 is 25.7. The Labute approximate surface area is 110 Å². The number of nitrogens with one attached hydrogen (secondary N) is 2. The largest absolute Gasteiger partial charge is 0.480 e. The third-order valence-electron chi connectivity index (χ3n) is 2.46. The molecule has 1 amide bonds. The third-order valence-corrected chi connectivity index (χ3v) is 4.10. The molecule has 0 aliphatic carbocycles. The van der Waals surface area contributed by atoms with Crippen molar-refractivity contribution in [3.8, 4) is 0 Å². The van der Waals surface area contributed by atoms with Crippen molar-refractivity contribution < 1.29 is 23.1 Å². The van der Waals surface area contributed by atoms with Gasteiger partial charge in [0.2, 0.25) is 10.0 Å². The Morgan fingerprint density at radius 1 is 1.26 bits per heavy atom. The number of hydrogen-bond acceptors (Lipinski definition) is 4. The standard InChI is InChI=1S/C11H14N2O5S/c1-7(11(15)16)19(17,18)13-9-6-4-3-5-8(9)10(14)12-2/h3-7,13H,1-2H3,(H,12,14)(H,15,16). The third kappa shape index (κ3) is 3.44. The van der Waals surface area contributed by atoms with Gasteiger partial charge in [-0.2, -0.15) is 0 Å². The van der Waals surface area contributed by atoms with E-state index in [4.69, 9.17) is 5.11 Å². The lowest BCUT2D eigenvalue weighted by Gasteiger charge is -2.13. The predicted octanol–water partition coefficient (Wildman–Crippen LogP) is 0.261. The van der Waals surface area contributed by atoms with E-state index in [2.05, 4.69) is 10.0 Å². The van der Waals surface area contributed by atoms with Crippen LogP contribution < -0.4 is 10.0 Å². The van der Waals surface area contributed by atoms with Gasteiger partial charge in [-0.1, -0.05) is 12.1 Å². The van der Waals surface area contributed by atoms with Gasteiger partial charge in [-0.3, -0.25) is 14.3 Å². The SMILES string of the molecule is CNC(=O)c1ccccc1NS(=O)(=O)C(C)C(=O)O. The van der Waals surface area contributed by atoms with Crippen LogP contribution in [0, 0.1) is 0 Å². The average Bonchev–Trinajstić information content (AvgIpc) is 2.37. The van der Waals surface area contributed by atoms with Crippen molar-refractivity contribution in [1.29, 1.82) is 0 Å². The number of carboxylic acid groups (broad SMARTS) is 1. The van der Waals surface area contributed by atoms with Crippen LogP contribution in [0.5, 0.6) is 0 Å². The zero-order chi connectivity index (χ0) is 14.6. The molecule has 0 radical (unpaired) electrons. The van der Waals surface area contributed by atoms with E-state index >= 15 is 0 Å². The minimum Gasteiger partial charge on any atom is -0.480 e. The highest BCUT2D eigenvalue weighted by Gasteiger charge is 2.28. The molecule has 1 atom stereocenters. The van der Waals surface area contributed by atoms with E-state index in [1.165, 1.54) is 25.2 Å². The topological polar surface area (TPSA) is 113 Å². The van der Waals surface area contributed by atoms with E-state index in [1.54, 1.807) is 6.07 Å². The summed E-state index contributed by atoms with van der Waals surface area (Å²) >= 11 is 0. The molecule has 19 heavy (non-hydrogen) atoms. The first-order valence-corrected chi connectivity index (χ1v) is 6.89. The first kappa shape index (κ1) is 15.0. The van der Waals surface area contributed by atoms with Crippen molar-refractivity contribution in [3.05, 3.63) is 29.8 Å². The quantitative estimate of drug-likeness (QED) is 0.718. The first-order valence-electron chi connectivity index (χ1n) is 5.35. The highest BCUT2D eigenvalue weighted by molar-refractivity contribution is 7.94. The summed E-state index contributed by atoms with van der Waals surface area (Å²) in [4.78, 5) is 22.3. The molecule has 1 aromatic rings. The molecule has 0 saturated carbocycles. The minimum atomic E-state index is -4.11. The highest BCUT2D eigenvalue weighted by Crippen LogP contribution is 2.18. The molecule has 0 spiro atoms. The summed E-state index contributed by atoms with van der Waals surface area (Å²) in [6, 6.07) is 5.93. The minimum absolute atomic E-state index is 0.0370. The summed E-state index contributed by atoms with van der Waals surface area (Å²) in [5.41, 5.74) is 0.154. The van der Waals surface area contributed by atoms with Crippen molar-refractivity contribution in [2.45, 2.75) is 12.2 Å². The number of aliphatic carboxylic acids is 1. The van der Waals surface area contributed by atoms with Crippen LogP contribution in [0.3, 0.4) is 0 Å². The van der Waals surface area contributed by atoms with Crippen LogP contribution in [0.1, 0.15) is 17.3 Å². The molecule has 104 valence electrons. The Morgan fingerprint density at radius 2 is 1.84 bits per heavy atom. The van der Waals surface area contributed by atoms with Gasteiger partial charge < -0.3 is 10.4 Å². The molecule has 1 unspecified atom stereocenters. The fourth-order valence-electron chi connectivity index (χ4n) is 1.28. The number of hydrogen-bond donors (Lipinski definition) is 3. The zero-order valence-corrected chi connectivity index (χ0v) is 11.2. The molecule has 0 fully saturated rings. The van der Waals surface area contributed by atoms with Gasteiger partial charge in [0.05, 0.1) is 11.3 Å². The molecule has 0 aliphatic heterocycles. The molecule has 0 aromatic heterocycles. The van der Waals surface area contributed by atoms with Gasteiger partial charge >= 0.3 is 5.97 Å². The number of carboxylic acids is 1. The lowest BCUT2D eigenvalue weighted by Crippen LogP contribution is -2.33. The second-order valence-corrected chi connectivity index (χ2v) is 5.75. The zero-order valence-electron chi connectivity index (χ0n) is 10.4. The fourth-order valence-corrected chi connectivity index (χ4v) is 2.21. The second kappa shape index (κ2) is 5.70. The molecular formula is C11H14N2O5S. The lowest BCUT2D eigenvalue weighted by molar-refractivity contribution is -0.136. The fraction of sp³-hybridized carbons (Fsp3) is 0.273. The monoisotopic (exact) mass is 286 g/mol. The van der Waals surface area contributed by atoms with Crippen molar-refractivity contribution in [2.24, 2.45) is 0 Å². The van der Waals surface area contributed by atoms with Gasteiger partial charge in [0.1, 0.15) is 0 Å². The number of carbonyl (C=O) groups excluding carboxylic acids is 1. The van der Waals surface area contributed by atoms with Crippen molar-refractivity contribution in [3.63, 3.8) is 0 Å². The molecule has 8 heteroatoms. The number of carbonyl (C=O) groups is 2. The Hall–Kier alpha value is -2.09. The molecule has 1 aromatic carbocycles. The number of amides is 1. The maximum atomic E-state index is 11.8. The summed E-state index contributed by atoms with van der Waals surface area (Å²) in [6.45, 7) is 1.05. The lowest BCUT2D eigenvalue weighted by atomic mass is 10.2. The Kier molecular flexibility index (Phi) is 4.49. The number of sulfonamides is 1. The van der Waals surface area contributed by atoms with Crippen LogP contribution in [0.15, 0.2) is 24.3 Å². The molecule has 0 heterocycles. The van der Waals surface area contributed by atoms with Gasteiger partial charge in [-0.05, 0) is 19.1 Å². The van der Waals surface area contributed by atoms with Crippen molar-refractivity contribution in [1.82, 2.24) is 5.32 Å². The molecule has 0 aliphatic rings. The van der Waals surface area contributed by atoms with Crippen LogP contribution in [0.4, 0.5) is 5.69 Å². The van der Waals surface area contributed by atoms with E-state index in [9.17, 15) is 18.0 Å². The van der Waals surface area contributed by atoms with Crippen LogP contribution in [-0.4, -0.2) is 37.7 Å². The van der Waals surface area contributed by atoms with Crippen LogP contribution >= 0.6 is 0 Å². The van der Waals surface area contributed by atoms with Crippen LogP contribution in [0.2, 0.25) is 0 Å². The molecule has 0 saturated heterocycles. The second-order valence-electron chi connectivity index (χ2n) is 3.75. The summed E-state index contributed by atoms with van der Waals surface area (Å²) in [6.07, 6.45) is 0. The Morgan fingerprint density at radius 3 is 2.37 bits per heavy atom. The van der Waals surface area contributed by atoms with Crippen LogP contribution in [0.25, 0.3) is 0 Å². The van der Waals surface area contributed by atoms with E-state index in [-0.39, 0.29) is 11.3 Å². The maximum Gasteiger partial charge on any atom is 0.323 e. The van der Waals surface area contributed by atoms with Gasteiger partial charge in [0, 0.05) is 7.05 Å². The van der Waals surface area contributed by atoms with Crippen LogP contribution in [-0.2, 0) is 14.8 Å². The smallest absolute Gasteiger partial charge is 0.323 e.